The fourth-order valence-electron chi connectivity index (χ4n) is 3.28. The van der Waals surface area contributed by atoms with Crippen molar-refractivity contribution in [3.05, 3.63) is 41.4 Å². The molecule has 2 aromatic rings. The number of carbonyl (C=O) groups is 1. The van der Waals surface area contributed by atoms with Gasteiger partial charge in [-0.2, -0.15) is 0 Å². The number of furan rings is 1. The first kappa shape index (κ1) is 15.4. The molecule has 6 nitrogen and oxygen atoms in total. The van der Waals surface area contributed by atoms with E-state index in [4.69, 9.17) is 4.42 Å². The van der Waals surface area contributed by atoms with Crippen molar-refractivity contribution in [3.8, 4) is 0 Å². The van der Waals surface area contributed by atoms with Crippen molar-refractivity contribution < 1.29 is 9.21 Å². The molecule has 2 aliphatic rings. The molecule has 1 aliphatic carbocycles. The van der Waals surface area contributed by atoms with E-state index in [1.54, 1.807) is 0 Å². The lowest BCUT2D eigenvalue weighted by atomic mass is 10.2. The fraction of sp³-hybridized carbons (Fsp3) is 0.556. The molecule has 1 saturated carbocycles. The van der Waals surface area contributed by atoms with E-state index in [9.17, 15) is 4.79 Å². The molecule has 0 radical (unpaired) electrons. The number of rotatable bonds is 5. The zero-order chi connectivity index (χ0) is 16.7. The molecule has 0 bridgehead atoms. The summed E-state index contributed by atoms with van der Waals surface area (Å²) in [5.74, 6) is 3.50. The van der Waals surface area contributed by atoms with Gasteiger partial charge in [-0.1, -0.05) is 0 Å². The van der Waals surface area contributed by atoms with Crippen molar-refractivity contribution >= 4 is 5.91 Å². The smallest absolute Gasteiger partial charge is 0.271 e. The monoisotopic (exact) mass is 328 g/mol. The van der Waals surface area contributed by atoms with Gasteiger partial charge in [0.1, 0.15) is 23.0 Å². The number of fused-ring (bicyclic) bond motifs is 1. The first-order chi connectivity index (χ1) is 11.6. The van der Waals surface area contributed by atoms with Gasteiger partial charge in [-0.15, -0.1) is 0 Å². The van der Waals surface area contributed by atoms with Crippen LogP contribution in [0.5, 0.6) is 0 Å². The standard InChI is InChI=1S/C18H24N4O2/c1-12-3-6-15(24-12)10-21-7-8-22-11-16(20-17(22)13(21)2)18(23)19-9-14-4-5-14/h3,6,11,13-14H,4-5,7-10H2,1-2H3,(H,19,23)/t13-/m1/s1. The molecule has 1 N–H and O–H groups in total. The average molecular weight is 328 g/mol. The molecule has 128 valence electrons. The van der Waals surface area contributed by atoms with Crippen LogP contribution in [0.25, 0.3) is 0 Å². The Kier molecular flexibility index (Phi) is 3.92. The van der Waals surface area contributed by atoms with Gasteiger partial charge in [0.2, 0.25) is 0 Å². The van der Waals surface area contributed by atoms with Crippen LogP contribution in [0.3, 0.4) is 0 Å². The summed E-state index contributed by atoms with van der Waals surface area (Å²) in [7, 11) is 0. The summed E-state index contributed by atoms with van der Waals surface area (Å²) in [6, 6.07) is 4.18. The molecule has 0 unspecified atom stereocenters. The van der Waals surface area contributed by atoms with Crippen LogP contribution >= 0.6 is 0 Å². The highest BCUT2D eigenvalue weighted by molar-refractivity contribution is 5.92. The van der Waals surface area contributed by atoms with Crippen LogP contribution in [-0.2, 0) is 13.1 Å². The van der Waals surface area contributed by atoms with Crippen LogP contribution in [0.4, 0.5) is 0 Å². The molecule has 1 fully saturated rings. The van der Waals surface area contributed by atoms with E-state index >= 15 is 0 Å². The van der Waals surface area contributed by atoms with E-state index in [-0.39, 0.29) is 11.9 Å². The van der Waals surface area contributed by atoms with Gasteiger partial charge in [0, 0.05) is 25.8 Å². The van der Waals surface area contributed by atoms with Crippen LogP contribution in [0.2, 0.25) is 0 Å². The lowest BCUT2D eigenvalue weighted by molar-refractivity contribution is 0.0947. The molecular formula is C18H24N4O2. The van der Waals surface area contributed by atoms with Gasteiger partial charge >= 0.3 is 0 Å². The maximum absolute atomic E-state index is 12.3. The number of nitrogens with zero attached hydrogens (tertiary/aromatic N) is 3. The molecule has 3 heterocycles. The highest BCUT2D eigenvalue weighted by Gasteiger charge is 2.28. The number of aromatic nitrogens is 2. The zero-order valence-electron chi connectivity index (χ0n) is 14.3. The van der Waals surface area contributed by atoms with Gasteiger partial charge in [0.05, 0.1) is 12.6 Å². The quantitative estimate of drug-likeness (QED) is 0.916. The van der Waals surface area contributed by atoms with Gasteiger partial charge in [0.25, 0.3) is 5.91 Å². The SMILES string of the molecule is Cc1ccc(CN2CCn3cc(C(=O)NCC4CC4)nc3[C@H]2C)o1. The Labute approximate surface area is 141 Å². The molecule has 4 rings (SSSR count). The third kappa shape index (κ3) is 3.11. The van der Waals surface area contributed by atoms with Crippen molar-refractivity contribution in [2.45, 2.75) is 45.8 Å². The molecule has 0 spiro atoms. The Hall–Kier alpha value is -2.08. The summed E-state index contributed by atoms with van der Waals surface area (Å²) in [4.78, 5) is 19.2. The zero-order valence-corrected chi connectivity index (χ0v) is 14.3. The Morgan fingerprint density at radius 3 is 2.92 bits per heavy atom. The topological polar surface area (TPSA) is 63.3 Å². The minimum absolute atomic E-state index is 0.0517. The van der Waals surface area contributed by atoms with Gasteiger partial charge in [0.15, 0.2) is 0 Å². The van der Waals surface area contributed by atoms with Crippen LogP contribution in [-0.4, -0.2) is 33.4 Å². The number of nitrogens with one attached hydrogen (secondary N) is 1. The molecule has 2 aromatic heterocycles. The normalized spacial score (nSPS) is 20.8. The maximum atomic E-state index is 12.3. The van der Waals surface area contributed by atoms with E-state index < -0.39 is 0 Å². The first-order valence-electron chi connectivity index (χ1n) is 8.75. The van der Waals surface area contributed by atoms with E-state index in [1.165, 1.54) is 12.8 Å². The minimum Gasteiger partial charge on any atom is -0.465 e. The third-order valence-electron chi connectivity index (χ3n) is 4.99. The Bertz CT molecular complexity index is 744. The van der Waals surface area contributed by atoms with Crippen molar-refractivity contribution in [1.82, 2.24) is 19.8 Å². The second kappa shape index (κ2) is 6.09. The predicted octanol–water partition coefficient (Wildman–Crippen LogP) is 2.50. The highest BCUT2D eigenvalue weighted by Crippen LogP contribution is 2.28. The molecule has 24 heavy (non-hydrogen) atoms. The number of hydrogen-bond donors (Lipinski definition) is 1. The molecule has 6 heteroatoms. The third-order valence-corrected chi connectivity index (χ3v) is 4.99. The van der Waals surface area contributed by atoms with Gasteiger partial charge in [-0.25, -0.2) is 4.98 Å². The highest BCUT2D eigenvalue weighted by atomic mass is 16.3. The summed E-state index contributed by atoms with van der Waals surface area (Å²) in [5.41, 5.74) is 0.535. The van der Waals surface area contributed by atoms with Crippen LogP contribution < -0.4 is 5.32 Å². The largest absolute Gasteiger partial charge is 0.465 e. The summed E-state index contributed by atoms with van der Waals surface area (Å²) in [6.45, 7) is 7.42. The summed E-state index contributed by atoms with van der Waals surface area (Å²) in [5, 5.41) is 3.00. The molecule has 1 amide bonds. The second-order valence-electron chi connectivity index (χ2n) is 6.99. The predicted molar refractivity (Wildman–Crippen MR) is 89.6 cm³/mol. The lowest BCUT2D eigenvalue weighted by Crippen LogP contribution is -2.36. The van der Waals surface area contributed by atoms with Gasteiger partial charge in [-0.05, 0) is 44.7 Å². The average Bonchev–Trinajstić information content (AvgIpc) is 3.14. The van der Waals surface area contributed by atoms with E-state index in [2.05, 4.69) is 26.7 Å². The van der Waals surface area contributed by atoms with Crippen molar-refractivity contribution in [2.24, 2.45) is 5.92 Å². The van der Waals surface area contributed by atoms with Crippen molar-refractivity contribution in [1.29, 1.82) is 0 Å². The molecule has 1 aliphatic heterocycles. The Morgan fingerprint density at radius 2 is 2.21 bits per heavy atom. The fourth-order valence-corrected chi connectivity index (χ4v) is 3.28. The molecular weight excluding hydrogens is 304 g/mol. The van der Waals surface area contributed by atoms with Crippen LogP contribution in [0, 0.1) is 12.8 Å². The van der Waals surface area contributed by atoms with E-state index in [1.807, 2.05) is 25.3 Å². The summed E-state index contributed by atoms with van der Waals surface area (Å²) >= 11 is 0. The van der Waals surface area contributed by atoms with E-state index in [0.29, 0.717) is 11.6 Å². The van der Waals surface area contributed by atoms with Gasteiger partial charge in [-0.3, -0.25) is 9.69 Å². The Balaban J connectivity index is 1.45. The number of carbonyl (C=O) groups excluding carboxylic acids is 1. The summed E-state index contributed by atoms with van der Waals surface area (Å²) in [6.07, 6.45) is 4.36. The van der Waals surface area contributed by atoms with Crippen molar-refractivity contribution in [3.63, 3.8) is 0 Å². The van der Waals surface area contributed by atoms with Gasteiger partial charge < -0.3 is 14.3 Å². The van der Waals surface area contributed by atoms with Crippen LogP contribution in [0.15, 0.2) is 22.7 Å². The number of amides is 1. The molecule has 1 atom stereocenters. The van der Waals surface area contributed by atoms with Crippen molar-refractivity contribution in [2.75, 3.05) is 13.1 Å². The maximum Gasteiger partial charge on any atom is 0.271 e. The molecule has 0 aromatic carbocycles. The summed E-state index contributed by atoms with van der Waals surface area (Å²) < 4.78 is 7.80. The Morgan fingerprint density at radius 1 is 1.38 bits per heavy atom. The number of aryl methyl sites for hydroxylation is 1. The number of imidazole rings is 1. The molecule has 0 saturated heterocycles. The lowest BCUT2D eigenvalue weighted by Gasteiger charge is -2.32. The number of hydrogen-bond acceptors (Lipinski definition) is 4. The first-order valence-corrected chi connectivity index (χ1v) is 8.75. The van der Waals surface area contributed by atoms with E-state index in [0.717, 1.165) is 43.5 Å². The van der Waals surface area contributed by atoms with Crippen LogP contribution in [0.1, 0.15) is 53.6 Å². The minimum atomic E-state index is -0.0517. The second-order valence-corrected chi connectivity index (χ2v) is 6.99.